The quantitative estimate of drug-likeness (QED) is 0.782. The summed E-state index contributed by atoms with van der Waals surface area (Å²) in [4.78, 5) is 2.05. The SMILES string of the molecule is CCCNCC1(CN(C)c2ccccc2F)CCOCC1. The van der Waals surface area contributed by atoms with Crippen molar-refractivity contribution in [1.82, 2.24) is 5.32 Å². The molecule has 1 fully saturated rings. The van der Waals surface area contributed by atoms with Gasteiger partial charge in [0.15, 0.2) is 0 Å². The van der Waals surface area contributed by atoms with Crippen molar-refractivity contribution < 1.29 is 9.13 Å². The molecule has 0 amide bonds. The molecule has 0 saturated carbocycles. The van der Waals surface area contributed by atoms with Crippen molar-refractivity contribution >= 4 is 5.69 Å². The third kappa shape index (κ3) is 4.42. The zero-order valence-electron chi connectivity index (χ0n) is 13.2. The van der Waals surface area contributed by atoms with E-state index in [9.17, 15) is 4.39 Å². The normalized spacial score (nSPS) is 17.7. The maximum absolute atomic E-state index is 13.9. The summed E-state index contributed by atoms with van der Waals surface area (Å²) in [6.45, 7) is 6.65. The van der Waals surface area contributed by atoms with Gasteiger partial charge in [0.25, 0.3) is 0 Å². The number of hydrogen-bond acceptors (Lipinski definition) is 3. The van der Waals surface area contributed by atoms with Crippen molar-refractivity contribution in [2.75, 3.05) is 44.8 Å². The summed E-state index contributed by atoms with van der Waals surface area (Å²) >= 11 is 0. The second-order valence-electron chi connectivity index (χ2n) is 6.10. The van der Waals surface area contributed by atoms with Gasteiger partial charge in [-0.1, -0.05) is 19.1 Å². The molecule has 1 saturated heterocycles. The number of anilines is 1. The number of nitrogens with zero attached hydrogens (tertiary/aromatic N) is 1. The second-order valence-corrected chi connectivity index (χ2v) is 6.10. The van der Waals surface area contributed by atoms with Crippen molar-refractivity contribution in [3.05, 3.63) is 30.1 Å². The van der Waals surface area contributed by atoms with E-state index in [0.29, 0.717) is 5.69 Å². The summed E-state index contributed by atoms with van der Waals surface area (Å²) in [7, 11) is 1.98. The molecule has 0 atom stereocenters. The molecule has 21 heavy (non-hydrogen) atoms. The maximum Gasteiger partial charge on any atom is 0.146 e. The van der Waals surface area contributed by atoms with Crippen LogP contribution in [0.5, 0.6) is 0 Å². The smallest absolute Gasteiger partial charge is 0.146 e. The minimum atomic E-state index is -0.149. The van der Waals surface area contributed by atoms with Crippen LogP contribution in [0.25, 0.3) is 0 Å². The van der Waals surface area contributed by atoms with Crippen LogP contribution in [-0.4, -0.2) is 39.9 Å². The predicted molar refractivity (Wildman–Crippen MR) is 85.3 cm³/mol. The van der Waals surface area contributed by atoms with Gasteiger partial charge in [-0.2, -0.15) is 0 Å². The molecular weight excluding hydrogens is 267 g/mol. The fraction of sp³-hybridized carbons (Fsp3) is 0.647. The second kappa shape index (κ2) is 7.76. The molecule has 0 radical (unpaired) electrons. The molecule has 0 aliphatic carbocycles. The standard InChI is InChI=1S/C17H27FN2O/c1-3-10-19-13-17(8-11-21-12-9-17)14-20(2)16-7-5-4-6-15(16)18/h4-7,19H,3,8-14H2,1-2H3. The lowest BCUT2D eigenvalue weighted by Crippen LogP contribution is -2.47. The molecule has 118 valence electrons. The zero-order chi connectivity index (χ0) is 15.1. The first kappa shape index (κ1) is 16.2. The zero-order valence-corrected chi connectivity index (χ0v) is 13.2. The van der Waals surface area contributed by atoms with Crippen LogP contribution in [0, 0.1) is 11.2 Å². The van der Waals surface area contributed by atoms with Gasteiger partial charge in [-0.25, -0.2) is 4.39 Å². The highest BCUT2D eigenvalue weighted by Crippen LogP contribution is 2.32. The summed E-state index contributed by atoms with van der Waals surface area (Å²) in [6.07, 6.45) is 3.20. The molecule has 1 aromatic carbocycles. The number of para-hydroxylation sites is 1. The molecule has 0 bridgehead atoms. The third-order valence-electron chi connectivity index (χ3n) is 4.32. The van der Waals surface area contributed by atoms with E-state index in [1.165, 1.54) is 6.07 Å². The van der Waals surface area contributed by atoms with E-state index in [2.05, 4.69) is 12.2 Å². The van der Waals surface area contributed by atoms with Crippen LogP contribution in [0.2, 0.25) is 0 Å². The van der Waals surface area contributed by atoms with Crippen LogP contribution in [-0.2, 0) is 4.74 Å². The van der Waals surface area contributed by atoms with Crippen molar-refractivity contribution in [1.29, 1.82) is 0 Å². The third-order valence-corrected chi connectivity index (χ3v) is 4.32. The molecule has 2 rings (SSSR count). The minimum absolute atomic E-state index is 0.149. The van der Waals surface area contributed by atoms with E-state index in [-0.39, 0.29) is 11.2 Å². The molecule has 1 N–H and O–H groups in total. The van der Waals surface area contributed by atoms with Crippen molar-refractivity contribution in [3.8, 4) is 0 Å². The van der Waals surface area contributed by atoms with E-state index < -0.39 is 0 Å². The Kier molecular flexibility index (Phi) is 6.00. The lowest BCUT2D eigenvalue weighted by Gasteiger charge is -2.41. The van der Waals surface area contributed by atoms with Gasteiger partial charge in [0, 0.05) is 38.8 Å². The van der Waals surface area contributed by atoms with E-state index in [4.69, 9.17) is 4.74 Å². The van der Waals surface area contributed by atoms with Crippen LogP contribution in [0.4, 0.5) is 10.1 Å². The highest BCUT2D eigenvalue weighted by molar-refractivity contribution is 5.47. The Balaban J connectivity index is 2.05. The first-order valence-electron chi connectivity index (χ1n) is 7.91. The Labute approximate surface area is 127 Å². The van der Waals surface area contributed by atoms with Crippen LogP contribution in [0.3, 0.4) is 0 Å². The topological polar surface area (TPSA) is 24.5 Å². The van der Waals surface area contributed by atoms with E-state index in [1.54, 1.807) is 6.07 Å². The van der Waals surface area contributed by atoms with Crippen molar-refractivity contribution in [2.24, 2.45) is 5.41 Å². The Hall–Kier alpha value is -1.13. The number of ether oxygens (including phenoxy) is 1. The largest absolute Gasteiger partial charge is 0.381 e. The highest BCUT2D eigenvalue weighted by atomic mass is 19.1. The van der Waals surface area contributed by atoms with Gasteiger partial charge >= 0.3 is 0 Å². The number of hydrogen-bond donors (Lipinski definition) is 1. The maximum atomic E-state index is 13.9. The Bertz CT molecular complexity index is 433. The summed E-state index contributed by atoms with van der Waals surface area (Å²) in [6, 6.07) is 7.00. The van der Waals surface area contributed by atoms with Crippen LogP contribution >= 0.6 is 0 Å². The average molecular weight is 294 g/mol. The van der Waals surface area contributed by atoms with E-state index in [0.717, 1.165) is 52.1 Å². The van der Waals surface area contributed by atoms with Crippen molar-refractivity contribution in [3.63, 3.8) is 0 Å². The minimum Gasteiger partial charge on any atom is -0.381 e. The molecule has 1 heterocycles. The fourth-order valence-electron chi connectivity index (χ4n) is 3.08. The molecule has 1 aromatic rings. The van der Waals surface area contributed by atoms with Gasteiger partial charge in [0.05, 0.1) is 5.69 Å². The summed E-state index contributed by atoms with van der Waals surface area (Å²) in [5, 5.41) is 3.54. The van der Waals surface area contributed by atoms with Gasteiger partial charge in [0.2, 0.25) is 0 Å². The molecule has 0 spiro atoms. The van der Waals surface area contributed by atoms with Crippen molar-refractivity contribution in [2.45, 2.75) is 26.2 Å². The Morgan fingerprint density at radius 1 is 1.29 bits per heavy atom. The lowest BCUT2D eigenvalue weighted by atomic mass is 9.79. The number of rotatable bonds is 7. The molecule has 3 nitrogen and oxygen atoms in total. The molecule has 0 unspecified atom stereocenters. The monoisotopic (exact) mass is 294 g/mol. The summed E-state index contributed by atoms with van der Waals surface area (Å²) in [5.41, 5.74) is 0.851. The highest BCUT2D eigenvalue weighted by Gasteiger charge is 2.33. The van der Waals surface area contributed by atoms with Crippen LogP contribution in [0.15, 0.2) is 24.3 Å². The van der Waals surface area contributed by atoms with Gasteiger partial charge in [-0.3, -0.25) is 0 Å². The average Bonchev–Trinajstić information content (AvgIpc) is 2.49. The number of benzene rings is 1. The first-order chi connectivity index (χ1) is 10.2. The molecular formula is C17H27FN2O. The van der Waals surface area contributed by atoms with Gasteiger partial charge in [0.1, 0.15) is 5.82 Å². The van der Waals surface area contributed by atoms with Gasteiger partial charge in [-0.15, -0.1) is 0 Å². The Morgan fingerprint density at radius 2 is 2.00 bits per heavy atom. The Morgan fingerprint density at radius 3 is 2.67 bits per heavy atom. The number of nitrogens with one attached hydrogen (secondary N) is 1. The molecule has 4 heteroatoms. The first-order valence-corrected chi connectivity index (χ1v) is 7.91. The van der Waals surface area contributed by atoms with Crippen LogP contribution in [0.1, 0.15) is 26.2 Å². The van der Waals surface area contributed by atoms with Crippen LogP contribution < -0.4 is 10.2 Å². The fourth-order valence-corrected chi connectivity index (χ4v) is 3.08. The molecule has 1 aliphatic rings. The predicted octanol–water partition coefficient (Wildman–Crippen LogP) is 3.06. The van der Waals surface area contributed by atoms with E-state index >= 15 is 0 Å². The summed E-state index contributed by atoms with van der Waals surface area (Å²) < 4.78 is 19.5. The molecule has 1 aliphatic heterocycles. The molecule has 0 aromatic heterocycles. The van der Waals surface area contributed by atoms with E-state index in [1.807, 2.05) is 24.1 Å². The lowest BCUT2D eigenvalue weighted by molar-refractivity contribution is 0.0188. The van der Waals surface area contributed by atoms with Gasteiger partial charge < -0.3 is 15.0 Å². The van der Waals surface area contributed by atoms with Gasteiger partial charge in [-0.05, 0) is 37.9 Å². The summed E-state index contributed by atoms with van der Waals surface area (Å²) in [5.74, 6) is -0.149. The number of halogens is 1.